The topological polar surface area (TPSA) is 26.3 Å². The van der Waals surface area contributed by atoms with Gasteiger partial charge in [0.15, 0.2) is 0 Å². The van der Waals surface area contributed by atoms with Crippen molar-refractivity contribution in [1.29, 1.82) is 0 Å². The van der Waals surface area contributed by atoms with E-state index in [2.05, 4.69) is 15.9 Å². The van der Waals surface area contributed by atoms with Gasteiger partial charge in [0.05, 0.1) is 5.41 Å². The van der Waals surface area contributed by atoms with Crippen molar-refractivity contribution in [2.75, 3.05) is 11.9 Å². The number of alkyl halides is 1. The van der Waals surface area contributed by atoms with E-state index < -0.39 is 5.41 Å². The Kier molecular flexibility index (Phi) is 5.00. The minimum absolute atomic E-state index is 0.143. The summed E-state index contributed by atoms with van der Waals surface area (Å²) in [5.41, 5.74) is 0.687. The Hall–Kier alpha value is -0.830. The Morgan fingerprint density at radius 3 is 2.50 bits per heavy atom. The van der Waals surface area contributed by atoms with Gasteiger partial charge in [-0.25, -0.2) is 0 Å². The standard InChI is InChI=1S/C13H17BrO2/c1-13(2,12(15)16-9-8-14)10-11-6-4-3-5-7-11/h3-7H,8-10H2,1-2H3. The third kappa shape index (κ3) is 3.97. The largest absolute Gasteiger partial charge is 0.464 e. The van der Waals surface area contributed by atoms with Gasteiger partial charge in [-0.1, -0.05) is 46.3 Å². The highest BCUT2D eigenvalue weighted by Crippen LogP contribution is 2.23. The van der Waals surface area contributed by atoms with Crippen LogP contribution in [0, 0.1) is 5.41 Å². The number of ether oxygens (including phenoxy) is 1. The minimum Gasteiger partial charge on any atom is -0.464 e. The van der Waals surface area contributed by atoms with Gasteiger partial charge in [0.1, 0.15) is 6.61 Å². The van der Waals surface area contributed by atoms with Crippen LogP contribution in [0.15, 0.2) is 30.3 Å². The van der Waals surface area contributed by atoms with Crippen molar-refractivity contribution < 1.29 is 9.53 Å². The second-order valence-electron chi connectivity index (χ2n) is 4.37. The van der Waals surface area contributed by atoms with E-state index in [0.29, 0.717) is 18.4 Å². The average molecular weight is 285 g/mol. The Labute approximate surface area is 105 Å². The first-order valence-corrected chi connectivity index (χ1v) is 6.45. The summed E-state index contributed by atoms with van der Waals surface area (Å²) in [5, 5.41) is 0.681. The van der Waals surface area contributed by atoms with Crippen LogP contribution in [0.5, 0.6) is 0 Å². The molecule has 0 spiro atoms. The maximum absolute atomic E-state index is 11.8. The highest BCUT2D eigenvalue weighted by molar-refractivity contribution is 9.09. The lowest BCUT2D eigenvalue weighted by Crippen LogP contribution is -2.29. The lowest BCUT2D eigenvalue weighted by Gasteiger charge is -2.22. The summed E-state index contributed by atoms with van der Waals surface area (Å²) in [4.78, 5) is 11.8. The summed E-state index contributed by atoms with van der Waals surface area (Å²) in [6, 6.07) is 9.99. The monoisotopic (exact) mass is 284 g/mol. The van der Waals surface area contributed by atoms with Crippen LogP contribution in [0.4, 0.5) is 0 Å². The molecule has 3 heteroatoms. The van der Waals surface area contributed by atoms with Gasteiger partial charge in [-0.2, -0.15) is 0 Å². The molecule has 1 aromatic carbocycles. The predicted octanol–water partition coefficient (Wildman–Crippen LogP) is 3.19. The van der Waals surface area contributed by atoms with Gasteiger partial charge in [0.2, 0.25) is 0 Å². The normalized spacial score (nSPS) is 11.2. The molecule has 0 bridgehead atoms. The second-order valence-corrected chi connectivity index (χ2v) is 5.16. The number of rotatable bonds is 5. The van der Waals surface area contributed by atoms with E-state index in [4.69, 9.17) is 4.74 Å². The van der Waals surface area contributed by atoms with Crippen LogP contribution in [0.1, 0.15) is 19.4 Å². The first-order chi connectivity index (χ1) is 7.56. The zero-order valence-electron chi connectivity index (χ0n) is 9.70. The molecule has 0 aromatic heterocycles. The van der Waals surface area contributed by atoms with Crippen LogP contribution in [0.3, 0.4) is 0 Å². The first kappa shape index (κ1) is 13.2. The van der Waals surface area contributed by atoms with E-state index in [1.54, 1.807) is 0 Å². The SMILES string of the molecule is CC(C)(Cc1ccccc1)C(=O)OCCBr. The van der Waals surface area contributed by atoms with Crippen LogP contribution in [-0.2, 0) is 16.0 Å². The molecule has 0 aliphatic rings. The van der Waals surface area contributed by atoms with Crippen molar-refractivity contribution in [2.45, 2.75) is 20.3 Å². The zero-order valence-corrected chi connectivity index (χ0v) is 11.3. The second kappa shape index (κ2) is 6.04. The zero-order chi connectivity index (χ0) is 12.0. The molecule has 0 heterocycles. The Balaban J connectivity index is 2.60. The van der Waals surface area contributed by atoms with E-state index in [0.717, 1.165) is 5.56 Å². The first-order valence-electron chi connectivity index (χ1n) is 5.33. The van der Waals surface area contributed by atoms with Crippen LogP contribution in [0.25, 0.3) is 0 Å². The van der Waals surface area contributed by atoms with Gasteiger partial charge in [-0.15, -0.1) is 0 Å². The lowest BCUT2D eigenvalue weighted by atomic mass is 9.86. The molecule has 2 nitrogen and oxygen atoms in total. The maximum atomic E-state index is 11.8. The third-order valence-corrected chi connectivity index (χ3v) is 2.68. The van der Waals surface area contributed by atoms with Crippen molar-refractivity contribution in [3.63, 3.8) is 0 Å². The molecule has 88 valence electrons. The molecule has 0 amide bonds. The van der Waals surface area contributed by atoms with Crippen molar-refractivity contribution in [3.05, 3.63) is 35.9 Å². The molecule has 0 atom stereocenters. The maximum Gasteiger partial charge on any atom is 0.311 e. The van der Waals surface area contributed by atoms with E-state index in [1.807, 2.05) is 44.2 Å². The predicted molar refractivity (Wildman–Crippen MR) is 68.7 cm³/mol. The Morgan fingerprint density at radius 1 is 1.31 bits per heavy atom. The number of esters is 1. The minimum atomic E-state index is -0.469. The molecule has 0 saturated carbocycles. The molecule has 0 N–H and O–H groups in total. The molecule has 0 saturated heterocycles. The van der Waals surface area contributed by atoms with Crippen LogP contribution >= 0.6 is 15.9 Å². The van der Waals surface area contributed by atoms with Crippen LogP contribution in [-0.4, -0.2) is 17.9 Å². The molecule has 0 fully saturated rings. The third-order valence-electron chi connectivity index (χ3n) is 2.35. The lowest BCUT2D eigenvalue weighted by molar-refractivity contribution is -0.153. The summed E-state index contributed by atoms with van der Waals surface area (Å²) in [7, 11) is 0. The van der Waals surface area contributed by atoms with Gasteiger partial charge in [-0.05, 0) is 25.8 Å². The van der Waals surface area contributed by atoms with E-state index in [-0.39, 0.29) is 5.97 Å². The van der Waals surface area contributed by atoms with Gasteiger partial charge < -0.3 is 4.74 Å². The van der Waals surface area contributed by atoms with Gasteiger partial charge >= 0.3 is 5.97 Å². The highest BCUT2D eigenvalue weighted by Gasteiger charge is 2.29. The molecule has 0 unspecified atom stereocenters. The number of carbonyl (C=O) groups is 1. The number of hydrogen-bond acceptors (Lipinski definition) is 2. The molecule has 0 radical (unpaired) electrons. The summed E-state index contributed by atoms with van der Waals surface area (Å²) in [6.07, 6.45) is 0.703. The number of halogens is 1. The average Bonchev–Trinajstić information content (AvgIpc) is 2.26. The Bertz CT molecular complexity index is 333. The van der Waals surface area contributed by atoms with E-state index in [1.165, 1.54) is 0 Å². The molecule has 0 aliphatic heterocycles. The molecule has 0 aliphatic carbocycles. The van der Waals surface area contributed by atoms with Gasteiger partial charge in [0.25, 0.3) is 0 Å². The van der Waals surface area contributed by atoms with Gasteiger partial charge in [0, 0.05) is 5.33 Å². The van der Waals surface area contributed by atoms with Crippen molar-refractivity contribution in [3.8, 4) is 0 Å². The number of benzene rings is 1. The van der Waals surface area contributed by atoms with Crippen molar-refractivity contribution in [2.24, 2.45) is 5.41 Å². The fourth-order valence-corrected chi connectivity index (χ4v) is 1.67. The quantitative estimate of drug-likeness (QED) is 0.613. The van der Waals surface area contributed by atoms with Crippen molar-refractivity contribution in [1.82, 2.24) is 0 Å². The fourth-order valence-electron chi connectivity index (χ4n) is 1.50. The highest BCUT2D eigenvalue weighted by atomic mass is 79.9. The molecule has 1 rings (SSSR count). The Morgan fingerprint density at radius 2 is 1.94 bits per heavy atom. The number of hydrogen-bond donors (Lipinski definition) is 0. The molecular formula is C13H17BrO2. The molecule has 16 heavy (non-hydrogen) atoms. The summed E-state index contributed by atoms with van der Waals surface area (Å²) < 4.78 is 5.14. The van der Waals surface area contributed by atoms with Crippen LogP contribution < -0.4 is 0 Å². The van der Waals surface area contributed by atoms with E-state index in [9.17, 15) is 4.79 Å². The number of carbonyl (C=O) groups excluding carboxylic acids is 1. The van der Waals surface area contributed by atoms with E-state index >= 15 is 0 Å². The summed E-state index contributed by atoms with van der Waals surface area (Å²) in [5.74, 6) is -0.143. The molecule has 1 aromatic rings. The molecular weight excluding hydrogens is 268 g/mol. The summed E-state index contributed by atoms with van der Waals surface area (Å²) in [6.45, 7) is 4.25. The fraction of sp³-hybridized carbons (Fsp3) is 0.462. The summed E-state index contributed by atoms with van der Waals surface area (Å²) >= 11 is 3.23. The van der Waals surface area contributed by atoms with Crippen molar-refractivity contribution >= 4 is 21.9 Å². The van der Waals surface area contributed by atoms with Crippen LogP contribution in [0.2, 0.25) is 0 Å². The smallest absolute Gasteiger partial charge is 0.311 e. The van der Waals surface area contributed by atoms with Gasteiger partial charge in [-0.3, -0.25) is 4.79 Å².